The van der Waals surface area contributed by atoms with Crippen LogP contribution in [-0.4, -0.2) is 12.1 Å². The molecule has 3 heteroatoms. The number of aromatic amines is 1. The van der Waals surface area contributed by atoms with E-state index < -0.39 is 0 Å². The summed E-state index contributed by atoms with van der Waals surface area (Å²) in [4.78, 5) is 3.24. The van der Waals surface area contributed by atoms with Gasteiger partial charge in [-0.2, -0.15) is 0 Å². The molecular formula is C13H18N2O. The minimum absolute atomic E-state index is 0.0563. The molecule has 2 aromatic rings. The Hall–Kier alpha value is -1.48. The lowest BCUT2D eigenvalue weighted by Crippen LogP contribution is -2.16. The third-order valence-corrected chi connectivity index (χ3v) is 3.01. The Kier molecular flexibility index (Phi) is 2.88. The van der Waals surface area contributed by atoms with Crippen LogP contribution in [0.2, 0.25) is 0 Å². The number of para-hydroxylation sites is 1. The first-order valence-corrected chi connectivity index (χ1v) is 5.54. The van der Waals surface area contributed by atoms with E-state index in [-0.39, 0.29) is 6.04 Å². The quantitative estimate of drug-likeness (QED) is 0.832. The van der Waals surface area contributed by atoms with Crippen molar-refractivity contribution in [2.45, 2.75) is 19.9 Å². The van der Waals surface area contributed by atoms with Gasteiger partial charge in [0.05, 0.1) is 12.6 Å². The lowest BCUT2D eigenvalue weighted by Gasteiger charge is -2.14. The van der Waals surface area contributed by atoms with Crippen LogP contribution >= 0.6 is 0 Å². The van der Waals surface area contributed by atoms with Gasteiger partial charge >= 0.3 is 0 Å². The van der Waals surface area contributed by atoms with Crippen LogP contribution in [0.15, 0.2) is 24.4 Å². The average molecular weight is 218 g/mol. The molecule has 0 fully saturated rings. The smallest absolute Gasteiger partial charge is 0.142 e. The summed E-state index contributed by atoms with van der Waals surface area (Å²) in [6.07, 6.45) is 1.98. The van der Waals surface area contributed by atoms with E-state index in [9.17, 15) is 0 Å². The predicted molar refractivity (Wildman–Crippen MR) is 66.6 cm³/mol. The number of nitrogens with two attached hydrogens (primary N) is 1. The van der Waals surface area contributed by atoms with Gasteiger partial charge in [0, 0.05) is 17.6 Å². The molecule has 0 saturated carbocycles. The van der Waals surface area contributed by atoms with Crippen LogP contribution in [-0.2, 0) is 0 Å². The summed E-state index contributed by atoms with van der Waals surface area (Å²) in [5, 5.41) is 1.15. The van der Waals surface area contributed by atoms with Crippen molar-refractivity contribution in [3.05, 3.63) is 30.0 Å². The first-order chi connectivity index (χ1) is 7.65. The van der Waals surface area contributed by atoms with Crippen molar-refractivity contribution < 1.29 is 4.74 Å². The summed E-state index contributed by atoms with van der Waals surface area (Å²) in [6, 6.07) is 6.07. The number of nitrogens with one attached hydrogen (secondary N) is 1. The SMILES string of the molecule is COc1cccc2c(C(N)C(C)C)c[nH]c12. The van der Waals surface area contributed by atoms with Gasteiger partial charge in [-0.05, 0) is 17.5 Å². The fourth-order valence-corrected chi connectivity index (χ4v) is 1.95. The van der Waals surface area contributed by atoms with E-state index in [0.717, 1.165) is 22.2 Å². The van der Waals surface area contributed by atoms with Crippen LogP contribution in [0, 0.1) is 5.92 Å². The monoisotopic (exact) mass is 218 g/mol. The lowest BCUT2D eigenvalue weighted by atomic mass is 9.97. The molecule has 0 aliphatic carbocycles. The third kappa shape index (κ3) is 1.67. The number of methoxy groups -OCH3 is 1. The number of benzene rings is 1. The Balaban J connectivity index is 2.57. The van der Waals surface area contributed by atoms with Crippen molar-refractivity contribution >= 4 is 10.9 Å². The maximum atomic E-state index is 6.18. The number of hydrogen-bond donors (Lipinski definition) is 2. The van der Waals surface area contributed by atoms with Crippen LogP contribution in [0.5, 0.6) is 5.75 Å². The highest BCUT2D eigenvalue weighted by molar-refractivity contribution is 5.88. The van der Waals surface area contributed by atoms with Crippen molar-refractivity contribution in [2.75, 3.05) is 7.11 Å². The Labute approximate surface area is 95.6 Å². The molecule has 0 aliphatic rings. The maximum absolute atomic E-state index is 6.18. The molecule has 0 bridgehead atoms. The van der Waals surface area contributed by atoms with Gasteiger partial charge in [0.15, 0.2) is 0 Å². The Morgan fingerprint density at radius 2 is 2.06 bits per heavy atom. The third-order valence-electron chi connectivity index (χ3n) is 3.01. The van der Waals surface area contributed by atoms with Gasteiger partial charge in [-0.1, -0.05) is 26.0 Å². The molecule has 0 aliphatic heterocycles. The van der Waals surface area contributed by atoms with Crippen LogP contribution < -0.4 is 10.5 Å². The van der Waals surface area contributed by atoms with Crippen molar-refractivity contribution in [1.29, 1.82) is 0 Å². The number of fused-ring (bicyclic) bond motifs is 1. The summed E-state index contributed by atoms with van der Waals surface area (Å²) in [5.74, 6) is 1.28. The van der Waals surface area contributed by atoms with E-state index in [1.165, 1.54) is 0 Å². The summed E-state index contributed by atoms with van der Waals surface area (Å²) >= 11 is 0. The largest absolute Gasteiger partial charge is 0.495 e. The topological polar surface area (TPSA) is 51.0 Å². The molecule has 0 spiro atoms. The van der Waals surface area contributed by atoms with Gasteiger partial charge in [0.25, 0.3) is 0 Å². The molecule has 2 rings (SSSR count). The fourth-order valence-electron chi connectivity index (χ4n) is 1.95. The molecule has 86 valence electrons. The predicted octanol–water partition coefficient (Wildman–Crippen LogP) is 2.83. The molecule has 0 amide bonds. The second kappa shape index (κ2) is 4.18. The van der Waals surface area contributed by atoms with E-state index in [1.807, 2.05) is 18.3 Å². The molecule has 16 heavy (non-hydrogen) atoms. The molecule has 3 nitrogen and oxygen atoms in total. The zero-order valence-electron chi connectivity index (χ0n) is 9.95. The summed E-state index contributed by atoms with van der Waals surface area (Å²) in [5.41, 5.74) is 8.36. The fraction of sp³-hybridized carbons (Fsp3) is 0.385. The van der Waals surface area contributed by atoms with Gasteiger partial charge in [0.1, 0.15) is 5.75 Å². The molecule has 1 unspecified atom stereocenters. The van der Waals surface area contributed by atoms with E-state index >= 15 is 0 Å². The molecule has 1 aromatic heterocycles. The van der Waals surface area contributed by atoms with E-state index in [4.69, 9.17) is 10.5 Å². The van der Waals surface area contributed by atoms with Gasteiger partial charge in [-0.15, -0.1) is 0 Å². The molecule has 0 saturated heterocycles. The van der Waals surface area contributed by atoms with E-state index in [2.05, 4.69) is 24.9 Å². The minimum atomic E-state index is 0.0563. The molecular weight excluding hydrogens is 200 g/mol. The molecule has 3 N–H and O–H groups in total. The number of rotatable bonds is 3. The van der Waals surface area contributed by atoms with Crippen LogP contribution in [0.4, 0.5) is 0 Å². The minimum Gasteiger partial charge on any atom is -0.495 e. The van der Waals surface area contributed by atoms with Crippen LogP contribution in [0.1, 0.15) is 25.5 Å². The second-order valence-corrected chi connectivity index (χ2v) is 4.40. The Morgan fingerprint density at radius 1 is 1.31 bits per heavy atom. The maximum Gasteiger partial charge on any atom is 0.142 e. The Morgan fingerprint density at radius 3 is 2.69 bits per heavy atom. The number of H-pyrrole nitrogens is 1. The lowest BCUT2D eigenvalue weighted by molar-refractivity contribution is 0.419. The molecule has 1 aromatic carbocycles. The first-order valence-electron chi connectivity index (χ1n) is 5.54. The second-order valence-electron chi connectivity index (χ2n) is 4.40. The zero-order chi connectivity index (χ0) is 11.7. The van der Waals surface area contributed by atoms with Crippen molar-refractivity contribution in [3.63, 3.8) is 0 Å². The highest BCUT2D eigenvalue weighted by Gasteiger charge is 2.16. The van der Waals surface area contributed by atoms with Crippen LogP contribution in [0.25, 0.3) is 10.9 Å². The summed E-state index contributed by atoms with van der Waals surface area (Å²) in [7, 11) is 1.68. The molecule has 0 radical (unpaired) electrons. The molecule has 1 atom stereocenters. The first kappa shape index (κ1) is 11.0. The summed E-state index contributed by atoms with van der Waals surface area (Å²) in [6.45, 7) is 4.26. The molecule has 1 heterocycles. The van der Waals surface area contributed by atoms with Crippen LogP contribution in [0.3, 0.4) is 0 Å². The highest BCUT2D eigenvalue weighted by atomic mass is 16.5. The average Bonchev–Trinajstić information content (AvgIpc) is 2.71. The van der Waals surface area contributed by atoms with E-state index in [0.29, 0.717) is 5.92 Å². The number of hydrogen-bond acceptors (Lipinski definition) is 2. The Bertz CT molecular complexity index is 488. The summed E-state index contributed by atoms with van der Waals surface area (Å²) < 4.78 is 5.31. The van der Waals surface area contributed by atoms with E-state index in [1.54, 1.807) is 7.11 Å². The highest BCUT2D eigenvalue weighted by Crippen LogP contribution is 2.31. The van der Waals surface area contributed by atoms with Crippen molar-refractivity contribution in [1.82, 2.24) is 4.98 Å². The number of ether oxygens (including phenoxy) is 1. The van der Waals surface area contributed by atoms with Gasteiger partial charge in [0.2, 0.25) is 0 Å². The van der Waals surface area contributed by atoms with Gasteiger partial charge < -0.3 is 15.5 Å². The normalized spacial score (nSPS) is 13.3. The van der Waals surface area contributed by atoms with Gasteiger partial charge in [-0.3, -0.25) is 0 Å². The van der Waals surface area contributed by atoms with Gasteiger partial charge in [-0.25, -0.2) is 0 Å². The van der Waals surface area contributed by atoms with Crippen molar-refractivity contribution in [3.8, 4) is 5.75 Å². The number of aromatic nitrogens is 1. The zero-order valence-corrected chi connectivity index (χ0v) is 9.95. The standard InChI is InChI=1S/C13H18N2O/c1-8(2)12(14)10-7-15-13-9(10)5-4-6-11(13)16-3/h4-8,12,15H,14H2,1-3H3. The van der Waals surface area contributed by atoms with Crippen molar-refractivity contribution in [2.24, 2.45) is 11.7 Å².